The molecule has 0 unspecified atom stereocenters. The van der Waals surface area contributed by atoms with Crippen LogP contribution in [0.3, 0.4) is 0 Å². The minimum absolute atomic E-state index is 0.104. The summed E-state index contributed by atoms with van der Waals surface area (Å²) in [6.07, 6.45) is 0. The van der Waals surface area contributed by atoms with E-state index < -0.39 is 0 Å². The van der Waals surface area contributed by atoms with Crippen molar-refractivity contribution in [2.45, 2.75) is 0 Å². The predicted molar refractivity (Wildman–Crippen MR) is 77.2 cm³/mol. The predicted octanol–water partition coefficient (Wildman–Crippen LogP) is 2.33. The van der Waals surface area contributed by atoms with Gasteiger partial charge in [-0.1, -0.05) is 0 Å². The summed E-state index contributed by atoms with van der Waals surface area (Å²) >= 11 is 5.81. The van der Waals surface area contributed by atoms with Crippen LogP contribution in [0.25, 0.3) is 0 Å². The van der Waals surface area contributed by atoms with Gasteiger partial charge in [-0.05, 0) is 23.7 Å². The lowest BCUT2D eigenvalue weighted by atomic mass is 10.3. The Morgan fingerprint density at radius 3 is 2.35 bits per heavy atom. The zero-order valence-corrected chi connectivity index (χ0v) is 12.0. The molecule has 1 heterocycles. The van der Waals surface area contributed by atoms with Gasteiger partial charge >= 0.3 is 0 Å². The number of halogens is 1. The molecule has 20 heavy (non-hydrogen) atoms. The highest BCUT2D eigenvalue weighted by atomic mass is 35.5. The zero-order chi connectivity index (χ0) is 14.5. The normalized spacial score (nSPS) is 10.0. The maximum atomic E-state index is 5.81. The highest BCUT2D eigenvalue weighted by Gasteiger charge is 2.07. The van der Waals surface area contributed by atoms with Gasteiger partial charge in [-0.3, -0.25) is 0 Å². The third kappa shape index (κ3) is 3.18. The third-order valence-corrected chi connectivity index (χ3v) is 2.64. The molecule has 2 rings (SSSR count). The number of benzene rings is 1. The molecule has 8 heteroatoms. The largest absolute Gasteiger partial charge is 0.493 e. The van der Waals surface area contributed by atoms with E-state index in [4.69, 9.17) is 21.1 Å². The van der Waals surface area contributed by atoms with Crippen molar-refractivity contribution in [3.05, 3.63) is 23.5 Å². The lowest BCUT2D eigenvalue weighted by molar-refractivity contribution is 0.355. The molecule has 1 aromatic carbocycles. The molecule has 2 aromatic rings. The topological polar surface area (TPSA) is 81.2 Å². The molecule has 0 aliphatic heterocycles. The molecule has 1 aromatic heterocycles. The fourth-order valence-corrected chi connectivity index (χ4v) is 1.72. The SMILES string of the molecule is CNc1nc(Cl)nc(Nc2ccc(OC)c(OC)c2)n1. The van der Waals surface area contributed by atoms with Crippen LogP contribution in [0.2, 0.25) is 5.28 Å². The van der Waals surface area contributed by atoms with E-state index in [1.165, 1.54) is 0 Å². The Kier molecular flexibility index (Phi) is 4.41. The number of anilines is 3. The average Bonchev–Trinajstić information content (AvgIpc) is 2.46. The van der Waals surface area contributed by atoms with Gasteiger partial charge in [-0.15, -0.1) is 0 Å². The molecule has 7 nitrogen and oxygen atoms in total. The van der Waals surface area contributed by atoms with Gasteiger partial charge in [0.05, 0.1) is 14.2 Å². The number of methoxy groups -OCH3 is 2. The van der Waals surface area contributed by atoms with Crippen LogP contribution in [0.1, 0.15) is 0 Å². The van der Waals surface area contributed by atoms with E-state index in [1.54, 1.807) is 33.4 Å². The van der Waals surface area contributed by atoms with E-state index in [9.17, 15) is 0 Å². The van der Waals surface area contributed by atoms with E-state index in [1.807, 2.05) is 6.07 Å². The van der Waals surface area contributed by atoms with E-state index >= 15 is 0 Å². The van der Waals surface area contributed by atoms with Crippen LogP contribution in [0.5, 0.6) is 11.5 Å². The Labute approximate surface area is 121 Å². The van der Waals surface area contributed by atoms with E-state index in [-0.39, 0.29) is 5.28 Å². The van der Waals surface area contributed by atoms with Gasteiger partial charge < -0.3 is 20.1 Å². The molecule has 0 amide bonds. The van der Waals surface area contributed by atoms with Crippen molar-refractivity contribution in [1.29, 1.82) is 0 Å². The first kappa shape index (κ1) is 14.1. The standard InChI is InChI=1S/C12H14ClN5O2/c1-14-11-16-10(13)17-12(18-11)15-7-4-5-8(19-2)9(6-7)20-3/h4-6H,1-3H3,(H2,14,15,16,17,18). The Morgan fingerprint density at radius 2 is 1.70 bits per heavy atom. The number of hydrogen-bond donors (Lipinski definition) is 2. The Bertz CT molecular complexity index is 608. The Hall–Kier alpha value is -2.28. The lowest BCUT2D eigenvalue weighted by Crippen LogP contribution is -2.04. The van der Waals surface area contributed by atoms with Gasteiger partial charge in [0, 0.05) is 18.8 Å². The molecule has 0 atom stereocenters. The Balaban J connectivity index is 2.27. The van der Waals surface area contributed by atoms with Crippen molar-refractivity contribution in [2.75, 3.05) is 31.9 Å². The van der Waals surface area contributed by atoms with Crippen molar-refractivity contribution < 1.29 is 9.47 Å². The molecule has 2 N–H and O–H groups in total. The minimum atomic E-state index is 0.104. The molecule has 106 valence electrons. The second-order valence-electron chi connectivity index (χ2n) is 3.70. The number of hydrogen-bond acceptors (Lipinski definition) is 7. The molecule has 0 saturated carbocycles. The zero-order valence-electron chi connectivity index (χ0n) is 11.3. The molecule has 0 aliphatic carbocycles. The number of rotatable bonds is 5. The van der Waals surface area contributed by atoms with Gasteiger partial charge in [0.1, 0.15) is 0 Å². The summed E-state index contributed by atoms with van der Waals surface area (Å²) in [4.78, 5) is 12.0. The van der Waals surface area contributed by atoms with Crippen LogP contribution in [0.4, 0.5) is 17.6 Å². The van der Waals surface area contributed by atoms with Crippen LogP contribution >= 0.6 is 11.6 Å². The highest BCUT2D eigenvalue weighted by Crippen LogP contribution is 2.30. The monoisotopic (exact) mass is 295 g/mol. The van der Waals surface area contributed by atoms with Crippen LogP contribution in [-0.2, 0) is 0 Å². The lowest BCUT2D eigenvalue weighted by Gasteiger charge is -2.10. The summed E-state index contributed by atoms with van der Waals surface area (Å²) in [6.45, 7) is 0. The molecule has 0 spiro atoms. The Morgan fingerprint density at radius 1 is 1.00 bits per heavy atom. The van der Waals surface area contributed by atoms with Gasteiger partial charge in [0.15, 0.2) is 11.5 Å². The molecular formula is C12H14ClN5O2. The van der Waals surface area contributed by atoms with Crippen LogP contribution in [0, 0.1) is 0 Å². The van der Waals surface area contributed by atoms with Crippen molar-refractivity contribution in [1.82, 2.24) is 15.0 Å². The quantitative estimate of drug-likeness (QED) is 0.876. The molecule has 0 fully saturated rings. The second kappa shape index (κ2) is 6.25. The molecule has 0 radical (unpaired) electrons. The van der Waals surface area contributed by atoms with Gasteiger partial charge in [0.2, 0.25) is 17.2 Å². The van der Waals surface area contributed by atoms with Gasteiger partial charge in [-0.25, -0.2) is 0 Å². The molecule has 0 saturated heterocycles. The van der Waals surface area contributed by atoms with Crippen molar-refractivity contribution >= 4 is 29.2 Å². The van der Waals surface area contributed by atoms with Crippen LogP contribution < -0.4 is 20.1 Å². The minimum Gasteiger partial charge on any atom is -0.493 e. The summed E-state index contributed by atoms with van der Waals surface area (Å²) in [6, 6.07) is 5.37. The summed E-state index contributed by atoms with van der Waals surface area (Å²) in [5.41, 5.74) is 0.743. The fourth-order valence-electron chi connectivity index (χ4n) is 1.56. The van der Waals surface area contributed by atoms with Gasteiger partial charge in [0.25, 0.3) is 0 Å². The van der Waals surface area contributed by atoms with E-state index in [2.05, 4.69) is 25.6 Å². The third-order valence-electron chi connectivity index (χ3n) is 2.47. The number of nitrogens with one attached hydrogen (secondary N) is 2. The average molecular weight is 296 g/mol. The van der Waals surface area contributed by atoms with Crippen molar-refractivity contribution in [3.63, 3.8) is 0 Å². The fraction of sp³-hybridized carbons (Fsp3) is 0.250. The van der Waals surface area contributed by atoms with E-state index in [0.717, 1.165) is 5.69 Å². The van der Waals surface area contributed by atoms with Gasteiger partial charge in [-0.2, -0.15) is 15.0 Å². The van der Waals surface area contributed by atoms with Crippen LogP contribution in [0.15, 0.2) is 18.2 Å². The summed E-state index contributed by atoms with van der Waals surface area (Å²) in [7, 11) is 4.85. The maximum Gasteiger partial charge on any atom is 0.233 e. The second-order valence-corrected chi connectivity index (χ2v) is 4.03. The summed E-state index contributed by atoms with van der Waals surface area (Å²) in [5, 5.41) is 5.93. The number of nitrogens with zero attached hydrogens (tertiary/aromatic N) is 3. The smallest absolute Gasteiger partial charge is 0.233 e. The molecule has 0 aliphatic rings. The van der Waals surface area contributed by atoms with E-state index in [0.29, 0.717) is 23.4 Å². The van der Waals surface area contributed by atoms with Crippen molar-refractivity contribution in [3.8, 4) is 11.5 Å². The first-order chi connectivity index (χ1) is 9.66. The van der Waals surface area contributed by atoms with Crippen molar-refractivity contribution in [2.24, 2.45) is 0 Å². The molecule has 0 bridgehead atoms. The molecular weight excluding hydrogens is 282 g/mol. The van der Waals surface area contributed by atoms with Crippen LogP contribution in [-0.4, -0.2) is 36.2 Å². The number of ether oxygens (including phenoxy) is 2. The summed E-state index contributed by atoms with van der Waals surface area (Å²) in [5.74, 6) is 1.96. The first-order valence-electron chi connectivity index (χ1n) is 5.74. The number of aromatic nitrogens is 3. The maximum absolute atomic E-state index is 5.81. The highest BCUT2D eigenvalue weighted by molar-refractivity contribution is 6.28. The first-order valence-corrected chi connectivity index (χ1v) is 6.12. The summed E-state index contributed by atoms with van der Waals surface area (Å²) < 4.78 is 10.4.